The number of amides is 3. The largest absolute Gasteiger partial charge is 0.450 e. The van der Waals surface area contributed by atoms with Gasteiger partial charge in [-0.1, -0.05) is 6.08 Å². The van der Waals surface area contributed by atoms with Crippen LogP contribution in [0.1, 0.15) is 40.6 Å². The van der Waals surface area contributed by atoms with Crippen molar-refractivity contribution in [2.45, 2.75) is 25.8 Å². The van der Waals surface area contributed by atoms with Gasteiger partial charge in [0.15, 0.2) is 0 Å². The zero-order valence-electron chi connectivity index (χ0n) is 14.9. The molecular formula is C18H24N4O4. The predicted octanol–water partition coefficient (Wildman–Crippen LogP) is 1.35. The molecule has 1 fully saturated rings. The molecule has 0 aromatic carbocycles. The Labute approximate surface area is 152 Å². The Bertz CT molecular complexity index is 669. The highest BCUT2D eigenvalue weighted by Crippen LogP contribution is 2.12. The summed E-state index contributed by atoms with van der Waals surface area (Å²) in [6.07, 6.45) is 3.99. The summed E-state index contributed by atoms with van der Waals surface area (Å²) in [5.74, 6) is -0.623. The van der Waals surface area contributed by atoms with E-state index in [1.54, 1.807) is 24.0 Å². The highest BCUT2D eigenvalue weighted by molar-refractivity contribution is 5.98. The third kappa shape index (κ3) is 5.30. The van der Waals surface area contributed by atoms with Gasteiger partial charge < -0.3 is 20.3 Å². The van der Waals surface area contributed by atoms with E-state index in [1.807, 2.05) is 0 Å². The van der Waals surface area contributed by atoms with Crippen molar-refractivity contribution in [3.8, 4) is 0 Å². The summed E-state index contributed by atoms with van der Waals surface area (Å²) >= 11 is 0. The van der Waals surface area contributed by atoms with E-state index in [-0.39, 0.29) is 29.6 Å². The average molecular weight is 360 g/mol. The molecule has 1 aliphatic heterocycles. The highest BCUT2D eigenvalue weighted by Gasteiger charge is 2.25. The van der Waals surface area contributed by atoms with Gasteiger partial charge in [-0.05, 0) is 31.9 Å². The van der Waals surface area contributed by atoms with Gasteiger partial charge in [0.25, 0.3) is 11.8 Å². The molecule has 2 rings (SSSR count). The van der Waals surface area contributed by atoms with Crippen molar-refractivity contribution in [3.05, 3.63) is 42.2 Å². The molecule has 0 saturated carbocycles. The van der Waals surface area contributed by atoms with Crippen molar-refractivity contribution in [2.24, 2.45) is 0 Å². The summed E-state index contributed by atoms with van der Waals surface area (Å²) in [7, 11) is 0. The van der Waals surface area contributed by atoms with Crippen molar-refractivity contribution in [3.63, 3.8) is 0 Å². The van der Waals surface area contributed by atoms with E-state index in [2.05, 4.69) is 22.2 Å². The summed E-state index contributed by atoms with van der Waals surface area (Å²) in [5, 5.41) is 5.56. The second-order valence-corrected chi connectivity index (χ2v) is 5.86. The Morgan fingerprint density at radius 1 is 1.35 bits per heavy atom. The van der Waals surface area contributed by atoms with Gasteiger partial charge in [-0.2, -0.15) is 0 Å². The van der Waals surface area contributed by atoms with E-state index in [0.29, 0.717) is 44.6 Å². The molecule has 1 saturated heterocycles. The quantitative estimate of drug-likeness (QED) is 0.746. The maximum Gasteiger partial charge on any atom is 0.409 e. The molecule has 1 aromatic heterocycles. The monoisotopic (exact) mass is 360 g/mol. The van der Waals surface area contributed by atoms with Crippen LogP contribution < -0.4 is 10.6 Å². The topological polar surface area (TPSA) is 101 Å². The van der Waals surface area contributed by atoms with Gasteiger partial charge in [0.05, 0.1) is 6.61 Å². The Balaban J connectivity index is 1.89. The normalized spacial score (nSPS) is 14.4. The smallest absolute Gasteiger partial charge is 0.409 e. The molecule has 0 aliphatic carbocycles. The highest BCUT2D eigenvalue weighted by atomic mass is 16.6. The number of carbonyl (C=O) groups excluding carboxylic acids is 3. The average Bonchev–Trinajstić information content (AvgIpc) is 2.67. The lowest BCUT2D eigenvalue weighted by atomic mass is 10.0. The molecule has 1 aliphatic rings. The maximum absolute atomic E-state index is 12.4. The fourth-order valence-corrected chi connectivity index (χ4v) is 2.64. The second-order valence-electron chi connectivity index (χ2n) is 5.86. The molecule has 26 heavy (non-hydrogen) atoms. The SMILES string of the molecule is C=CCNC(=O)c1cc(C(=O)NC2CCN(C(=O)OCC)CC2)ccn1. The number of nitrogens with one attached hydrogen (secondary N) is 2. The van der Waals surface area contributed by atoms with Crippen LogP contribution in [0.15, 0.2) is 31.0 Å². The number of ether oxygens (including phenoxy) is 1. The number of aromatic nitrogens is 1. The van der Waals surface area contributed by atoms with Crippen molar-refractivity contribution in [2.75, 3.05) is 26.2 Å². The lowest BCUT2D eigenvalue weighted by Gasteiger charge is -2.31. The van der Waals surface area contributed by atoms with Crippen molar-refractivity contribution in [1.29, 1.82) is 0 Å². The zero-order chi connectivity index (χ0) is 18.9. The van der Waals surface area contributed by atoms with Gasteiger partial charge in [-0.3, -0.25) is 14.6 Å². The van der Waals surface area contributed by atoms with Crippen LogP contribution >= 0.6 is 0 Å². The molecular weight excluding hydrogens is 336 g/mol. The van der Waals surface area contributed by atoms with Crippen LogP contribution in [0, 0.1) is 0 Å². The van der Waals surface area contributed by atoms with Crippen LogP contribution in [0.2, 0.25) is 0 Å². The minimum absolute atomic E-state index is 0.0283. The van der Waals surface area contributed by atoms with Gasteiger partial charge in [0.2, 0.25) is 0 Å². The summed E-state index contributed by atoms with van der Waals surface area (Å²) < 4.78 is 4.98. The fraction of sp³-hybridized carbons (Fsp3) is 0.444. The zero-order valence-corrected chi connectivity index (χ0v) is 14.9. The lowest BCUT2D eigenvalue weighted by molar-refractivity contribution is 0.0859. The molecule has 0 spiro atoms. The third-order valence-electron chi connectivity index (χ3n) is 4.02. The van der Waals surface area contributed by atoms with Crippen molar-refractivity contribution < 1.29 is 19.1 Å². The van der Waals surface area contributed by atoms with Crippen LogP contribution in [0.3, 0.4) is 0 Å². The first-order valence-corrected chi connectivity index (χ1v) is 8.62. The number of rotatable bonds is 6. The van der Waals surface area contributed by atoms with Crippen molar-refractivity contribution >= 4 is 17.9 Å². The Hall–Kier alpha value is -2.90. The van der Waals surface area contributed by atoms with Gasteiger partial charge in [0, 0.05) is 37.4 Å². The first kappa shape index (κ1) is 19.4. The molecule has 140 valence electrons. The molecule has 0 atom stereocenters. The Morgan fingerprint density at radius 3 is 2.73 bits per heavy atom. The third-order valence-corrected chi connectivity index (χ3v) is 4.02. The van der Waals surface area contributed by atoms with Crippen LogP contribution in [-0.2, 0) is 4.74 Å². The van der Waals surface area contributed by atoms with E-state index in [0.717, 1.165) is 0 Å². The molecule has 0 radical (unpaired) electrons. The number of carbonyl (C=O) groups is 3. The number of nitrogens with zero attached hydrogens (tertiary/aromatic N) is 2. The molecule has 2 heterocycles. The minimum Gasteiger partial charge on any atom is -0.450 e. The second kappa shape index (κ2) is 9.55. The standard InChI is InChI=1S/C18H24N4O4/c1-3-8-20-17(24)15-12-13(5-9-19-15)16(23)21-14-6-10-22(11-7-14)18(25)26-4-2/h3,5,9,12,14H,1,4,6-8,10-11H2,2H3,(H,20,24)(H,21,23). The maximum atomic E-state index is 12.4. The lowest BCUT2D eigenvalue weighted by Crippen LogP contribution is -2.46. The van der Waals surface area contributed by atoms with E-state index in [4.69, 9.17) is 4.74 Å². The van der Waals surface area contributed by atoms with Crippen molar-refractivity contribution in [1.82, 2.24) is 20.5 Å². The summed E-state index contributed by atoms with van der Waals surface area (Å²) in [6.45, 7) is 7.05. The number of likely N-dealkylation sites (tertiary alicyclic amines) is 1. The predicted molar refractivity (Wildman–Crippen MR) is 95.9 cm³/mol. The number of hydrogen-bond acceptors (Lipinski definition) is 5. The molecule has 2 N–H and O–H groups in total. The summed E-state index contributed by atoms with van der Waals surface area (Å²) in [4.78, 5) is 41.7. The Morgan fingerprint density at radius 2 is 2.08 bits per heavy atom. The molecule has 8 nitrogen and oxygen atoms in total. The van der Waals surface area contributed by atoms with E-state index in [9.17, 15) is 14.4 Å². The number of piperidine rings is 1. The molecule has 0 bridgehead atoms. The molecule has 0 unspecified atom stereocenters. The first-order chi connectivity index (χ1) is 12.5. The van der Waals surface area contributed by atoms with Crippen LogP contribution in [0.5, 0.6) is 0 Å². The number of pyridine rings is 1. The summed E-state index contributed by atoms with van der Waals surface area (Å²) in [5.41, 5.74) is 0.549. The number of hydrogen-bond donors (Lipinski definition) is 2. The van der Waals surface area contributed by atoms with Gasteiger partial charge in [-0.15, -0.1) is 6.58 Å². The first-order valence-electron chi connectivity index (χ1n) is 8.62. The van der Waals surface area contributed by atoms with Crippen LogP contribution in [0.25, 0.3) is 0 Å². The van der Waals surface area contributed by atoms with Crippen LogP contribution in [0.4, 0.5) is 4.79 Å². The van der Waals surface area contributed by atoms with Crippen LogP contribution in [-0.4, -0.2) is 60.1 Å². The van der Waals surface area contributed by atoms with E-state index >= 15 is 0 Å². The van der Waals surface area contributed by atoms with E-state index in [1.165, 1.54) is 12.3 Å². The Kier molecular flexibility index (Phi) is 7.13. The van der Waals surface area contributed by atoms with Gasteiger partial charge >= 0.3 is 6.09 Å². The van der Waals surface area contributed by atoms with Gasteiger partial charge in [-0.25, -0.2) is 4.79 Å². The summed E-state index contributed by atoms with van der Waals surface area (Å²) in [6, 6.07) is 2.99. The molecule has 1 aromatic rings. The fourth-order valence-electron chi connectivity index (χ4n) is 2.64. The minimum atomic E-state index is -0.359. The van der Waals surface area contributed by atoms with E-state index < -0.39 is 0 Å². The molecule has 8 heteroatoms. The van der Waals surface area contributed by atoms with Gasteiger partial charge in [0.1, 0.15) is 5.69 Å². The molecule has 3 amide bonds.